The van der Waals surface area contributed by atoms with Crippen LogP contribution in [-0.4, -0.2) is 55.1 Å². The number of piperidine rings is 1. The van der Waals surface area contributed by atoms with Crippen LogP contribution in [0.5, 0.6) is 0 Å². The fourth-order valence-corrected chi connectivity index (χ4v) is 2.23. The van der Waals surface area contributed by atoms with E-state index in [1.807, 2.05) is 0 Å². The highest BCUT2D eigenvalue weighted by atomic mass is 16.1. The third-order valence-corrected chi connectivity index (χ3v) is 3.18. The van der Waals surface area contributed by atoms with Crippen molar-refractivity contribution in [2.24, 2.45) is 5.73 Å². The zero-order valence-electron chi connectivity index (χ0n) is 12.0. The van der Waals surface area contributed by atoms with Gasteiger partial charge in [-0.05, 0) is 33.6 Å². The Balaban J connectivity index is 2.07. The standard InChI is InChI=1S/C13H28N4O/c1-13(2,3)16-7-6-15-11-4-8-17(9-5-11)10-12(14)18/h11,15-16H,4-10H2,1-3H3,(H2,14,18). The molecule has 1 fully saturated rings. The first kappa shape index (κ1) is 15.4. The number of hydrogen-bond donors (Lipinski definition) is 3. The highest BCUT2D eigenvalue weighted by Crippen LogP contribution is 2.09. The summed E-state index contributed by atoms with van der Waals surface area (Å²) in [4.78, 5) is 12.9. The predicted molar refractivity (Wildman–Crippen MR) is 74.4 cm³/mol. The number of nitrogens with one attached hydrogen (secondary N) is 2. The van der Waals surface area contributed by atoms with Gasteiger partial charge in [0.15, 0.2) is 0 Å². The van der Waals surface area contributed by atoms with Crippen molar-refractivity contribution in [2.45, 2.75) is 45.2 Å². The highest BCUT2D eigenvalue weighted by molar-refractivity contribution is 5.75. The molecule has 0 aromatic rings. The van der Waals surface area contributed by atoms with Crippen LogP contribution in [0.15, 0.2) is 0 Å². The Hall–Kier alpha value is -0.650. The SMILES string of the molecule is CC(C)(C)NCCNC1CCN(CC(N)=O)CC1. The van der Waals surface area contributed by atoms with E-state index in [2.05, 4.69) is 36.3 Å². The van der Waals surface area contributed by atoms with E-state index in [9.17, 15) is 4.79 Å². The smallest absolute Gasteiger partial charge is 0.231 e. The first-order chi connectivity index (χ1) is 8.37. The van der Waals surface area contributed by atoms with Crippen molar-refractivity contribution in [2.75, 3.05) is 32.7 Å². The van der Waals surface area contributed by atoms with Crippen molar-refractivity contribution >= 4 is 5.91 Å². The average Bonchev–Trinajstić information content (AvgIpc) is 2.24. The topological polar surface area (TPSA) is 70.4 Å². The van der Waals surface area contributed by atoms with Crippen molar-refractivity contribution in [1.82, 2.24) is 15.5 Å². The number of carbonyl (C=O) groups is 1. The van der Waals surface area contributed by atoms with Crippen LogP contribution in [0.2, 0.25) is 0 Å². The summed E-state index contributed by atoms with van der Waals surface area (Å²) in [7, 11) is 0. The summed E-state index contributed by atoms with van der Waals surface area (Å²) >= 11 is 0. The van der Waals surface area contributed by atoms with Gasteiger partial charge in [0.1, 0.15) is 0 Å². The molecule has 0 bridgehead atoms. The number of nitrogens with two attached hydrogens (primary N) is 1. The summed E-state index contributed by atoms with van der Waals surface area (Å²) < 4.78 is 0. The third kappa shape index (κ3) is 6.93. The van der Waals surface area contributed by atoms with E-state index in [4.69, 9.17) is 5.73 Å². The molecule has 0 spiro atoms. The maximum absolute atomic E-state index is 10.8. The molecule has 5 nitrogen and oxygen atoms in total. The van der Waals surface area contributed by atoms with E-state index in [1.54, 1.807) is 0 Å². The molecule has 0 aromatic carbocycles. The summed E-state index contributed by atoms with van der Waals surface area (Å²) in [5, 5.41) is 7.02. The maximum atomic E-state index is 10.8. The number of carbonyl (C=O) groups excluding carboxylic acids is 1. The Morgan fingerprint density at radius 2 is 1.89 bits per heavy atom. The number of likely N-dealkylation sites (tertiary alicyclic amines) is 1. The molecule has 0 aromatic heterocycles. The predicted octanol–water partition coefficient (Wildman–Crippen LogP) is -0.0862. The van der Waals surface area contributed by atoms with Gasteiger partial charge in [0.05, 0.1) is 6.54 Å². The van der Waals surface area contributed by atoms with Crippen LogP contribution in [0.4, 0.5) is 0 Å². The van der Waals surface area contributed by atoms with Gasteiger partial charge in [-0.25, -0.2) is 0 Å². The lowest BCUT2D eigenvalue weighted by Crippen LogP contribution is -2.47. The van der Waals surface area contributed by atoms with Crippen molar-refractivity contribution < 1.29 is 4.79 Å². The Morgan fingerprint density at radius 3 is 2.39 bits per heavy atom. The molecule has 1 aliphatic rings. The van der Waals surface area contributed by atoms with Crippen molar-refractivity contribution in [1.29, 1.82) is 0 Å². The summed E-state index contributed by atoms with van der Waals surface area (Å²) in [6, 6.07) is 0.580. The van der Waals surface area contributed by atoms with Crippen molar-refractivity contribution in [3.8, 4) is 0 Å². The molecule has 1 heterocycles. The summed E-state index contributed by atoms with van der Waals surface area (Å²) in [5.41, 5.74) is 5.38. The summed E-state index contributed by atoms with van der Waals surface area (Å²) in [6.07, 6.45) is 2.20. The molecule has 1 aliphatic heterocycles. The number of amides is 1. The lowest BCUT2D eigenvalue weighted by molar-refractivity contribution is -0.119. The summed E-state index contributed by atoms with van der Waals surface area (Å²) in [5.74, 6) is -0.226. The highest BCUT2D eigenvalue weighted by Gasteiger charge is 2.19. The largest absolute Gasteiger partial charge is 0.369 e. The molecule has 0 saturated carbocycles. The van der Waals surface area contributed by atoms with Gasteiger partial charge in [-0.15, -0.1) is 0 Å². The summed E-state index contributed by atoms with van der Waals surface area (Å²) in [6.45, 7) is 10.8. The Kier molecular flexibility index (Phi) is 6.05. The lowest BCUT2D eigenvalue weighted by atomic mass is 10.0. The maximum Gasteiger partial charge on any atom is 0.231 e. The van der Waals surface area contributed by atoms with Crippen LogP contribution in [-0.2, 0) is 4.79 Å². The molecule has 0 atom stereocenters. The van der Waals surface area contributed by atoms with Crippen molar-refractivity contribution in [3.05, 3.63) is 0 Å². The van der Waals surface area contributed by atoms with Gasteiger partial charge in [0, 0.05) is 37.8 Å². The monoisotopic (exact) mass is 256 g/mol. The molecule has 4 N–H and O–H groups in total. The van der Waals surface area contributed by atoms with Gasteiger partial charge >= 0.3 is 0 Å². The molecular weight excluding hydrogens is 228 g/mol. The van der Waals surface area contributed by atoms with Crippen LogP contribution in [0.1, 0.15) is 33.6 Å². The second kappa shape index (κ2) is 7.07. The Morgan fingerprint density at radius 1 is 1.28 bits per heavy atom. The van der Waals surface area contributed by atoms with Crippen LogP contribution in [0.25, 0.3) is 0 Å². The fraction of sp³-hybridized carbons (Fsp3) is 0.923. The quantitative estimate of drug-likeness (QED) is 0.581. The minimum Gasteiger partial charge on any atom is -0.369 e. The second-order valence-corrected chi connectivity index (χ2v) is 6.15. The Labute approximate surface area is 110 Å². The molecule has 1 amide bonds. The van der Waals surface area contributed by atoms with Gasteiger partial charge in [-0.2, -0.15) is 0 Å². The van der Waals surface area contributed by atoms with Crippen LogP contribution in [0, 0.1) is 0 Å². The zero-order chi connectivity index (χ0) is 13.6. The van der Waals surface area contributed by atoms with E-state index in [0.29, 0.717) is 12.6 Å². The van der Waals surface area contributed by atoms with Crippen LogP contribution in [0.3, 0.4) is 0 Å². The minimum absolute atomic E-state index is 0.187. The van der Waals surface area contributed by atoms with Gasteiger partial charge in [0.2, 0.25) is 5.91 Å². The zero-order valence-corrected chi connectivity index (χ0v) is 12.0. The molecule has 1 saturated heterocycles. The van der Waals surface area contributed by atoms with E-state index in [1.165, 1.54) is 0 Å². The molecule has 0 unspecified atom stereocenters. The molecule has 1 rings (SSSR count). The van der Waals surface area contributed by atoms with Gasteiger partial charge in [-0.3, -0.25) is 9.69 Å². The average molecular weight is 256 g/mol. The van der Waals surface area contributed by atoms with Crippen LogP contribution < -0.4 is 16.4 Å². The molecule has 0 aliphatic carbocycles. The van der Waals surface area contributed by atoms with Crippen molar-refractivity contribution in [3.63, 3.8) is 0 Å². The van der Waals surface area contributed by atoms with E-state index < -0.39 is 0 Å². The molecule has 18 heavy (non-hydrogen) atoms. The number of hydrogen-bond acceptors (Lipinski definition) is 4. The number of rotatable bonds is 6. The second-order valence-electron chi connectivity index (χ2n) is 6.15. The van der Waals surface area contributed by atoms with Gasteiger partial charge < -0.3 is 16.4 Å². The van der Waals surface area contributed by atoms with E-state index >= 15 is 0 Å². The number of nitrogens with zero attached hydrogens (tertiary/aromatic N) is 1. The molecular formula is C13H28N4O. The Bertz CT molecular complexity index is 254. The molecule has 5 heteroatoms. The number of primary amides is 1. The van der Waals surface area contributed by atoms with Gasteiger partial charge in [0.25, 0.3) is 0 Å². The van der Waals surface area contributed by atoms with E-state index in [0.717, 1.165) is 39.0 Å². The first-order valence-electron chi connectivity index (χ1n) is 6.86. The first-order valence-corrected chi connectivity index (χ1v) is 6.86. The van der Waals surface area contributed by atoms with Crippen LogP contribution >= 0.6 is 0 Å². The van der Waals surface area contributed by atoms with Gasteiger partial charge in [-0.1, -0.05) is 0 Å². The third-order valence-electron chi connectivity index (χ3n) is 3.18. The lowest BCUT2D eigenvalue weighted by Gasteiger charge is -2.32. The minimum atomic E-state index is -0.226. The molecule has 0 radical (unpaired) electrons. The van der Waals surface area contributed by atoms with E-state index in [-0.39, 0.29) is 11.4 Å². The fourth-order valence-electron chi connectivity index (χ4n) is 2.23. The molecule has 106 valence electrons. The normalized spacial score (nSPS) is 19.1.